The SMILES string of the molecule is Cc1ccccc1C[NH+](C)CC(=O)Nc1ccc([N+](=O)[O-])cc1. The Bertz CT molecular complexity index is 698. The Morgan fingerprint density at radius 2 is 1.83 bits per heavy atom. The molecule has 2 rings (SSSR count). The zero-order valence-electron chi connectivity index (χ0n) is 13.2. The van der Waals surface area contributed by atoms with Gasteiger partial charge >= 0.3 is 0 Å². The van der Waals surface area contributed by atoms with E-state index in [-0.39, 0.29) is 11.6 Å². The first-order valence-corrected chi connectivity index (χ1v) is 7.36. The molecule has 1 unspecified atom stereocenters. The Labute approximate surface area is 134 Å². The molecule has 0 radical (unpaired) electrons. The van der Waals surface area contributed by atoms with E-state index in [2.05, 4.69) is 24.4 Å². The zero-order valence-corrected chi connectivity index (χ0v) is 13.2. The second-order valence-electron chi connectivity index (χ2n) is 5.59. The van der Waals surface area contributed by atoms with Crippen molar-refractivity contribution in [1.29, 1.82) is 0 Å². The number of carbonyl (C=O) groups is 1. The predicted octanol–water partition coefficient (Wildman–Crippen LogP) is 1.56. The van der Waals surface area contributed by atoms with E-state index in [4.69, 9.17) is 0 Å². The first-order chi connectivity index (χ1) is 11.0. The molecule has 0 fully saturated rings. The predicted molar refractivity (Wildman–Crippen MR) is 88.4 cm³/mol. The van der Waals surface area contributed by atoms with Crippen LogP contribution in [-0.2, 0) is 11.3 Å². The van der Waals surface area contributed by atoms with Crippen LogP contribution in [0.5, 0.6) is 0 Å². The Morgan fingerprint density at radius 3 is 2.43 bits per heavy atom. The van der Waals surface area contributed by atoms with Gasteiger partial charge in [0.1, 0.15) is 6.54 Å². The van der Waals surface area contributed by atoms with Crippen LogP contribution in [0.4, 0.5) is 11.4 Å². The van der Waals surface area contributed by atoms with Gasteiger partial charge in [0.15, 0.2) is 6.54 Å². The van der Waals surface area contributed by atoms with E-state index in [9.17, 15) is 14.9 Å². The molecule has 2 aromatic rings. The van der Waals surface area contributed by atoms with Crippen molar-refractivity contribution < 1.29 is 14.6 Å². The fraction of sp³-hybridized carbons (Fsp3) is 0.235. The van der Waals surface area contributed by atoms with Gasteiger partial charge in [-0.3, -0.25) is 14.9 Å². The molecular weight excluding hydrogens is 294 g/mol. The Kier molecular flexibility index (Phi) is 5.43. The van der Waals surface area contributed by atoms with Gasteiger partial charge < -0.3 is 10.2 Å². The molecule has 6 heteroatoms. The standard InChI is InChI=1S/C17H19N3O3/c1-13-5-3-4-6-14(13)11-19(2)12-17(21)18-15-7-9-16(10-8-15)20(22)23/h3-10H,11-12H2,1-2H3,(H,18,21)/p+1. The topological polar surface area (TPSA) is 76.7 Å². The van der Waals surface area contributed by atoms with Crippen molar-refractivity contribution >= 4 is 17.3 Å². The molecule has 0 aliphatic rings. The van der Waals surface area contributed by atoms with E-state index in [1.807, 2.05) is 19.2 Å². The van der Waals surface area contributed by atoms with E-state index < -0.39 is 4.92 Å². The minimum absolute atomic E-state index is 0.00490. The lowest BCUT2D eigenvalue weighted by Gasteiger charge is -2.15. The molecule has 0 saturated carbocycles. The van der Waals surface area contributed by atoms with Crippen LogP contribution in [0.1, 0.15) is 11.1 Å². The van der Waals surface area contributed by atoms with E-state index in [1.54, 1.807) is 0 Å². The molecule has 0 heterocycles. The maximum atomic E-state index is 12.1. The highest BCUT2D eigenvalue weighted by atomic mass is 16.6. The molecule has 0 bridgehead atoms. The smallest absolute Gasteiger partial charge is 0.279 e. The molecule has 23 heavy (non-hydrogen) atoms. The highest BCUT2D eigenvalue weighted by Crippen LogP contribution is 2.15. The summed E-state index contributed by atoms with van der Waals surface area (Å²) in [6.07, 6.45) is 0. The monoisotopic (exact) mass is 314 g/mol. The number of hydrogen-bond acceptors (Lipinski definition) is 3. The number of non-ortho nitro benzene ring substituents is 1. The fourth-order valence-corrected chi connectivity index (χ4v) is 2.34. The number of nitro groups is 1. The second-order valence-corrected chi connectivity index (χ2v) is 5.59. The summed E-state index contributed by atoms with van der Waals surface area (Å²) in [6.45, 7) is 3.14. The highest BCUT2D eigenvalue weighted by molar-refractivity contribution is 5.91. The van der Waals surface area contributed by atoms with Crippen LogP contribution in [0.3, 0.4) is 0 Å². The lowest BCUT2D eigenvalue weighted by molar-refractivity contribution is -0.885. The van der Waals surface area contributed by atoms with Crippen LogP contribution < -0.4 is 10.2 Å². The largest absolute Gasteiger partial charge is 0.326 e. The number of carbonyl (C=O) groups excluding carboxylic acids is 1. The summed E-state index contributed by atoms with van der Waals surface area (Å²) in [4.78, 5) is 23.2. The first kappa shape index (κ1) is 16.6. The van der Waals surface area contributed by atoms with Crippen LogP contribution in [0.15, 0.2) is 48.5 Å². The summed E-state index contributed by atoms with van der Waals surface area (Å²) in [5.41, 5.74) is 2.99. The fourth-order valence-electron chi connectivity index (χ4n) is 2.34. The summed E-state index contributed by atoms with van der Waals surface area (Å²) < 4.78 is 0. The van der Waals surface area contributed by atoms with E-state index in [1.165, 1.54) is 35.4 Å². The molecule has 2 N–H and O–H groups in total. The number of likely N-dealkylation sites (N-methyl/N-ethyl adjacent to an activating group) is 1. The highest BCUT2D eigenvalue weighted by Gasteiger charge is 2.12. The minimum Gasteiger partial charge on any atom is -0.326 e. The molecule has 120 valence electrons. The molecular formula is C17H20N3O3+. The molecule has 0 aliphatic carbocycles. The van der Waals surface area contributed by atoms with Crippen molar-refractivity contribution in [3.63, 3.8) is 0 Å². The minimum atomic E-state index is -0.467. The lowest BCUT2D eigenvalue weighted by Crippen LogP contribution is -3.08. The van der Waals surface area contributed by atoms with Gasteiger partial charge in [-0.25, -0.2) is 0 Å². The number of nitrogens with zero attached hydrogens (tertiary/aromatic N) is 1. The molecule has 2 aromatic carbocycles. The third kappa shape index (κ3) is 4.89. The maximum Gasteiger partial charge on any atom is 0.279 e. The van der Waals surface area contributed by atoms with E-state index in [0.29, 0.717) is 12.2 Å². The molecule has 1 amide bonds. The molecule has 0 aliphatic heterocycles. The summed E-state index contributed by atoms with van der Waals surface area (Å²) in [5.74, 6) is -0.120. The van der Waals surface area contributed by atoms with Gasteiger partial charge in [0.25, 0.3) is 11.6 Å². The van der Waals surface area contributed by atoms with Crippen molar-refractivity contribution in [1.82, 2.24) is 0 Å². The third-order valence-corrected chi connectivity index (χ3v) is 3.58. The van der Waals surface area contributed by atoms with Gasteiger partial charge in [0.2, 0.25) is 0 Å². The normalized spacial score (nSPS) is 11.7. The van der Waals surface area contributed by atoms with Gasteiger partial charge in [-0.05, 0) is 24.6 Å². The second kappa shape index (κ2) is 7.51. The van der Waals surface area contributed by atoms with Crippen molar-refractivity contribution in [2.45, 2.75) is 13.5 Å². The van der Waals surface area contributed by atoms with E-state index >= 15 is 0 Å². The van der Waals surface area contributed by atoms with Crippen LogP contribution in [-0.4, -0.2) is 24.4 Å². The summed E-state index contributed by atoms with van der Waals surface area (Å²) >= 11 is 0. The molecule has 6 nitrogen and oxygen atoms in total. The zero-order chi connectivity index (χ0) is 16.8. The van der Waals surface area contributed by atoms with Crippen molar-refractivity contribution in [2.24, 2.45) is 0 Å². The Morgan fingerprint density at radius 1 is 1.17 bits per heavy atom. The number of benzene rings is 2. The van der Waals surface area contributed by atoms with Gasteiger partial charge in [-0.2, -0.15) is 0 Å². The van der Waals surface area contributed by atoms with Gasteiger partial charge in [0.05, 0.1) is 12.0 Å². The molecule has 0 aromatic heterocycles. The third-order valence-electron chi connectivity index (χ3n) is 3.58. The summed E-state index contributed by atoms with van der Waals surface area (Å²) in [5, 5.41) is 13.4. The lowest BCUT2D eigenvalue weighted by atomic mass is 10.1. The maximum absolute atomic E-state index is 12.1. The number of rotatable bonds is 6. The van der Waals surface area contributed by atoms with Crippen LogP contribution >= 0.6 is 0 Å². The number of anilines is 1. The van der Waals surface area contributed by atoms with Crippen LogP contribution in [0, 0.1) is 17.0 Å². The van der Waals surface area contributed by atoms with Crippen molar-refractivity contribution in [3.05, 3.63) is 69.8 Å². The number of nitro benzene ring substituents is 1. The number of aryl methyl sites for hydroxylation is 1. The average molecular weight is 314 g/mol. The van der Waals surface area contributed by atoms with Crippen molar-refractivity contribution in [3.8, 4) is 0 Å². The number of quaternary nitrogens is 1. The Hall–Kier alpha value is -2.73. The van der Waals surface area contributed by atoms with Crippen LogP contribution in [0.2, 0.25) is 0 Å². The number of amides is 1. The van der Waals surface area contributed by atoms with E-state index in [0.717, 1.165) is 11.4 Å². The quantitative estimate of drug-likeness (QED) is 0.627. The number of hydrogen-bond donors (Lipinski definition) is 2. The van der Waals surface area contributed by atoms with Crippen LogP contribution in [0.25, 0.3) is 0 Å². The van der Waals surface area contributed by atoms with Gasteiger partial charge in [-0.1, -0.05) is 24.3 Å². The van der Waals surface area contributed by atoms with Gasteiger partial charge in [0, 0.05) is 23.4 Å². The molecule has 0 spiro atoms. The summed E-state index contributed by atoms with van der Waals surface area (Å²) in [7, 11) is 1.96. The first-order valence-electron chi connectivity index (χ1n) is 7.36. The number of nitrogens with one attached hydrogen (secondary N) is 2. The average Bonchev–Trinajstić information content (AvgIpc) is 2.50. The molecule has 0 saturated heterocycles. The van der Waals surface area contributed by atoms with Gasteiger partial charge in [-0.15, -0.1) is 0 Å². The molecule has 1 atom stereocenters. The Balaban J connectivity index is 1.89. The van der Waals surface area contributed by atoms with Crippen molar-refractivity contribution in [2.75, 3.05) is 18.9 Å². The summed E-state index contributed by atoms with van der Waals surface area (Å²) in [6, 6.07) is 13.9.